The smallest absolute Gasteiger partial charge is 0.311 e. The summed E-state index contributed by atoms with van der Waals surface area (Å²) in [6, 6.07) is 14.4. The maximum atomic E-state index is 11.9. The quantitative estimate of drug-likeness (QED) is 0.532. The molecule has 0 amide bonds. The van der Waals surface area contributed by atoms with E-state index in [9.17, 15) is 4.79 Å². The molecule has 3 rings (SSSR count). The van der Waals surface area contributed by atoms with Gasteiger partial charge in [0.25, 0.3) is 0 Å². The van der Waals surface area contributed by atoms with Gasteiger partial charge in [-0.05, 0) is 52.7 Å². The Labute approximate surface area is 137 Å². The number of hydrogen-bond donors (Lipinski definition) is 0. The summed E-state index contributed by atoms with van der Waals surface area (Å²) in [6.45, 7) is 0. The van der Waals surface area contributed by atoms with Gasteiger partial charge in [-0.3, -0.25) is 4.79 Å². The molecule has 2 aromatic carbocycles. The highest BCUT2D eigenvalue weighted by Gasteiger charge is 2.08. The Kier molecular flexibility index (Phi) is 4.63. The number of tetrazole rings is 1. The van der Waals surface area contributed by atoms with E-state index in [4.69, 9.17) is 16.3 Å². The van der Waals surface area contributed by atoms with Gasteiger partial charge >= 0.3 is 5.97 Å². The summed E-state index contributed by atoms with van der Waals surface area (Å²) in [7, 11) is 0. The van der Waals surface area contributed by atoms with Crippen molar-refractivity contribution in [2.45, 2.75) is 12.8 Å². The number of hydrogen-bond acceptors (Lipinski definition) is 5. The van der Waals surface area contributed by atoms with Crippen LogP contribution in [0.4, 0.5) is 0 Å². The minimum atomic E-state index is -0.305. The van der Waals surface area contributed by atoms with Gasteiger partial charge in [0, 0.05) is 5.02 Å². The van der Waals surface area contributed by atoms with Crippen molar-refractivity contribution in [3.05, 3.63) is 65.4 Å². The minimum Gasteiger partial charge on any atom is -0.427 e. The second-order valence-electron chi connectivity index (χ2n) is 4.81. The van der Waals surface area contributed by atoms with Crippen molar-refractivity contribution < 1.29 is 9.53 Å². The van der Waals surface area contributed by atoms with Gasteiger partial charge in [0.1, 0.15) is 12.1 Å². The fraction of sp³-hybridized carbons (Fsp3) is 0.125. The Balaban J connectivity index is 1.57. The minimum absolute atomic E-state index is 0.262. The molecule has 0 saturated heterocycles. The molecule has 0 aliphatic heterocycles. The van der Waals surface area contributed by atoms with Crippen molar-refractivity contribution >= 4 is 17.6 Å². The van der Waals surface area contributed by atoms with Gasteiger partial charge in [-0.1, -0.05) is 29.8 Å². The lowest BCUT2D eigenvalue weighted by Gasteiger charge is -2.06. The molecular weight excluding hydrogens is 316 g/mol. The first-order valence-electron chi connectivity index (χ1n) is 7.00. The van der Waals surface area contributed by atoms with E-state index in [2.05, 4.69) is 15.5 Å². The number of nitrogens with zero attached hydrogens (tertiary/aromatic N) is 4. The van der Waals surface area contributed by atoms with Gasteiger partial charge in [-0.15, -0.1) is 5.10 Å². The molecule has 0 unspecified atom stereocenters. The van der Waals surface area contributed by atoms with Gasteiger partial charge < -0.3 is 4.74 Å². The van der Waals surface area contributed by atoms with E-state index < -0.39 is 0 Å². The van der Waals surface area contributed by atoms with Crippen LogP contribution in [0.3, 0.4) is 0 Å². The molecule has 0 fully saturated rings. The third-order valence-corrected chi connectivity index (χ3v) is 3.61. The Morgan fingerprint density at radius 1 is 1.13 bits per heavy atom. The van der Waals surface area contributed by atoms with E-state index in [0.29, 0.717) is 17.2 Å². The van der Waals surface area contributed by atoms with Gasteiger partial charge in [-0.2, -0.15) is 0 Å². The van der Waals surface area contributed by atoms with Crippen molar-refractivity contribution in [2.24, 2.45) is 0 Å². The van der Waals surface area contributed by atoms with Crippen LogP contribution in [0.1, 0.15) is 12.0 Å². The second kappa shape index (κ2) is 7.02. The fourth-order valence-corrected chi connectivity index (χ4v) is 2.30. The number of carbonyl (C=O) groups is 1. The van der Waals surface area contributed by atoms with Gasteiger partial charge in [0.2, 0.25) is 0 Å². The lowest BCUT2D eigenvalue weighted by atomic mass is 10.1. The summed E-state index contributed by atoms with van der Waals surface area (Å²) in [5.41, 5.74) is 1.71. The van der Waals surface area contributed by atoms with Crippen LogP contribution in [-0.4, -0.2) is 26.2 Å². The molecule has 1 aromatic heterocycles. The molecule has 0 saturated carbocycles. The first-order chi connectivity index (χ1) is 11.2. The van der Waals surface area contributed by atoms with E-state index in [-0.39, 0.29) is 12.4 Å². The number of ether oxygens (including phenoxy) is 1. The third kappa shape index (κ3) is 3.92. The number of rotatable bonds is 5. The molecule has 0 spiro atoms. The zero-order valence-electron chi connectivity index (χ0n) is 12.1. The molecule has 0 bridgehead atoms. The highest BCUT2D eigenvalue weighted by Crippen LogP contribution is 2.18. The van der Waals surface area contributed by atoms with Crippen LogP contribution in [0.25, 0.3) is 5.69 Å². The van der Waals surface area contributed by atoms with Crippen molar-refractivity contribution in [1.29, 1.82) is 0 Å². The van der Waals surface area contributed by atoms with Crippen LogP contribution in [0.15, 0.2) is 54.9 Å². The molecule has 0 atom stereocenters. The molecule has 0 radical (unpaired) electrons. The van der Waals surface area contributed by atoms with Crippen molar-refractivity contribution in [3.63, 3.8) is 0 Å². The zero-order valence-corrected chi connectivity index (χ0v) is 12.8. The first-order valence-corrected chi connectivity index (χ1v) is 7.38. The maximum absolute atomic E-state index is 11.9. The summed E-state index contributed by atoms with van der Waals surface area (Å²) in [6.07, 6.45) is 2.30. The molecular formula is C16H13ClN4O2. The largest absolute Gasteiger partial charge is 0.427 e. The van der Waals surface area contributed by atoms with Crippen LogP contribution in [0.5, 0.6) is 5.75 Å². The molecule has 0 aliphatic carbocycles. The molecule has 7 heteroatoms. The molecule has 23 heavy (non-hydrogen) atoms. The molecule has 0 N–H and O–H groups in total. The van der Waals surface area contributed by atoms with Crippen LogP contribution >= 0.6 is 11.6 Å². The van der Waals surface area contributed by atoms with Crippen molar-refractivity contribution in [1.82, 2.24) is 20.2 Å². The average Bonchev–Trinajstić information content (AvgIpc) is 3.09. The summed E-state index contributed by atoms with van der Waals surface area (Å²) >= 11 is 6.06. The zero-order chi connectivity index (χ0) is 16.1. The van der Waals surface area contributed by atoms with E-state index in [1.165, 1.54) is 11.0 Å². The monoisotopic (exact) mass is 328 g/mol. The van der Waals surface area contributed by atoms with Crippen molar-refractivity contribution in [2.75, 3.05) is 0 Å². The van der Waals surface area contributed by atoms with Crippen LogP contribution in [0, 0.1) is 0 Å². The standard InChI is InChI=1S/C16H13ClN4O2/c17-15-4-2-1-3-12(15)5-10-16(22)23-14-8-6-13(7-9-14)21-11-18-19-20-21/h1-4,6-9,11H,5,10H2. The first kappa shape index (κ1) is 15.2. The normalized spacial score (nSPS) is 10.5. The highest BCUT2D eigenvalue weighted by atomic mass is 35.5. The number of aryl methyl sites for hydroxylation is 1. The Morgan fingerprint density at radius 2 is 1.91 bits per heavy atom. The fourth-order valence-electron chi connectivity index (χ4n) is 2.07. The Morgan fingerprint density at radius 3 is 2.61 bits per heavy atom. The van der Waals surface area contributed by atoms with Crippen LogP contribution in [-0.2, 0) is 11.2 Å². The lowest BCUT2D eigenvalue weighted by molar-refractivity contribution is -0.134. The van der Waals surface area contributed by atoms with Crippen molar-refractivity contribution in [3.8, 4) is 11.4 Å². The van der Waals surface area contributed by atoms with E-state index in [0.717, 1.165) is 11.3 Å². The third-order valence-electron chi connectivity index (χ3n) is 3.24. The summed E-state index contributed by atoms with van der Waals surface area (Å²) in [5.74, 6) is 0.172. The molecule has 1 heterocycles. The summed E-state index contributed by atoms with van der Waals surface area (Å²) in [5, 5.41) is 11.6. The second-order valence-corrected chi connectivity index (χ2v) is 5.22. The molecule has 3 aromatic rings. The van der Waals surface area contributed by atoms with Gasteiger partial charge in [-0.25, -0.2) is 4.68 Å². The molecule has 6 nitrogen and oxygen atoms in total. The summed E-state index contributed by atoms with van der Waals surface area (Å²) < 4.78 is 6.82. The number of carbonyl (C=O) groups excluding carboxylic acids is 1. The highest BCUT2D eigenvalue weighted by molar-refractivity contribution is 6.31. The van der Waals surface area contributed by atoms with Gasteiger partial charge in [0.15, 0.2) is 0 Å². The van der Waals surface area contributed by atoms with E-state index in [1.807, 2.05) is 18.2 Å². The van der Waals surface area contributed by atoms with Crippen LogP contribution < -0.4 is 4.74 Å². The number of esters is 1. The summed E-state index contributed by atoms with van der Waals surface area (Å²) in [4.78, 5) is 11.9. The Bertz CT molecular complexity index is 788. The van der Waals surface area contributed by atoms with E-state index >= 15 is 0 Å². The SMILES string of the molecule is O=C(CCc1ccccc1Cl)Oc1ccc(-n2cnnn2)cc1. The maximum Gasteiger partial charge on any atom is 0.311 e. The topological polar surface area (TPSA) is 69.9 Å². The Hall–Kier alpha value is -2.73. The van der Waals surface area contributed by atoms with E-state index in [1.54, 1.807) is 30.3 Å². The lowest BCUT2D eigenvalue weighted by Crippen LogP contribution is -2.09. The van der Waals surface area contributed by atoms with Gasteiger partial charge in [0.05, 0.1) is 12.1 Å². The predicted molar refractivity (Wildman–Crippen MR) is 84.6 cm³/mol. The number of aromatic nitrogens is 4. The number of halogens is 1. The average molecular weight is 329 g/mol. The number of benzene rings is 2. The molecule has 0 aliphatic rings. The van der Waals surface area contributed by atoms with Crippen LogP contribution in [0.2, 0.25) is 5.02 Å². The molecule has 116 valence electrons. The predicted octanol–water partition coefficient (Wildman–Crippen LogP) is 2.85.